The molecule has 0 unspecified atom stereocenters. The minimum absolute atomic E-state index is 0.369. The molecule has 0 aromatic carbocycles. The summed E-state index contributed by atoms with van der Waals surface area (Å²) in [5.41, 5.74) is 5.26. The second-order valence-electron chi connectivity index (χ2n) is 2.84. The molecule has 60 valence electrons. The third-order valence-electron chi connectivity index (χ3n) is 2.00. The topological polar surface area (TPSA) is 38.5 Å². The first-order valence-corrected chi connectivity index (χ1v) is 3.83. The van der Waals surface area contributed by atoms with E-state index in [-0.39, 0.29) is 0 Å². The van der Waals surface area contributed by atoms with Crippen molar-refractivity contribution < 1.29 is 4.74 Å². The third-order valence-corrected chi connectivity index (χ3v) is 2.00. The summed E-state index contributed by atoms with van der Waals surface area (Å²) in [5, 5.41) is 0. The van der Waals surface area contributed by atoms with Crippen molar-refractivity contribution in [2.24, 2.45) is 5.73 Å². The van der Waals surface area contributed by atoms with Gasteiger partial charge in [-0.25, -0.2) is 0 Å². The van der Waals surface area contributed by atoms with E-state index in [0.29, 0.717) is 12.8 Å². The Hall–Kier alpha value is -0.120. The summed E-state index contributed by atoms with van der Waals surface area (Å²) >= 11 is 0. The zero-order valence-corrected chi connectivity index (χ0v) is 6.55. The first kappa shape index (κ1) is 7.98. The Labute approximate surface area is 62.1 Å². The Morgan fingerprint density at radius 1 is 1.50 bits per heavy atom. The van der Waals surface area contributed by atoms with E-state index in [0.717, 1.165) is 25.9 Å². The molecule has 0 aliphatic carbocycles. The maximum Gasteiger partial charge on any atom is 0.0944 e. The highest BCUT2D eigenvalue weighted by atomic mass is 16.5. The van der Waals surface area contributed by atoms with Gasteiger partial charge in [-0.05, 0) is 19.9 Å². The van der Waals surface area contributed by atoms with E-state index in [1.165, 1.54) is 0 Å². The Kier molecular flexibility index (Phi) is 3.12. The lowest BCUT2D eigenvalue weighted by Crippen LogP contribution is -2.35. The first-order chi connectivity index (χ1) is 4.83. The van der Waals surface area contributed by atoms with E-state index >= 15 is 0 Å². The van der Waals surface area contributed by atoms with Gasteiger partial charge in [-0.3, -0.25) is 0 Å². The van der Waals surface area contributed by atoms with Crippen LogP contribution in [0.15, 0.2) is 0 Å². The quantitative estimate of drug-likeness (QED) is 0.555. The molecule has 1 aliphatic rings. The lowest BCUT2D eigenvalue weighted by molar-refractivity contribution is 0.0160. The SMILES string of the molecule is CN1CCC(OCN)CC1. The smallest absolute Gasteiger partial charge is 0.0944 e. The molecule has 1 aliphatic heterocycles. The van der Waals surface area contributed by atoms with Gasteiger partial charge in [0, 0.05) is 13.1 Å². The number of hydrogen-bond donors (Lipinski definition) is 1. The molecule has 2 N–H and O–H groups in total. The summed E-state index contributed by atoms with van der Waals surface area (Å²) in [6.07, 6.45) is 2.68. The number of nitrogens with two attached hydrogens (primary N) is 1. The fourth-order valence-electron chi connectivity index (χ4n) is 1.29. The molecule has 1 fully saturated rings. The third kappa shape index (κ3) is 2.25. The summed E-state index contributed by atoms with van der Waals surface area (Å²) in [6.45, 7) is 2.66. The van der Waals surface area contributed by atoms with Gasteiger partial charge >= 0.3 is 0 Å². The molecule has 0 atom stereocenters. The second-order valence-corrected chi connectivity index (χ2v) is 2.84. The molecule has 1 rings (SSSR count). The van der Waals surface area contributed by atoms with Crippen LogP contribution in [0.2, 0.25) is 0 Å². The highest BCUT2D eigenvalue weighted by molar-refractivity contribution is 4.69. The van der Waals surface area contributed by atoms with Crippen LogP contribution in [0, 0.1) is 0 Å². The summed E-state index contributed by atoms with van der Waals surface area (Å²) in [4.78, 5) is 2.32. The van der Waals surface area contributed by atoms with Crippen LogP contribution in [0.1, 0.15) is 12.8 Å². The van der Waals surface area contributed by atoms with Gasteiger partial charge in [0.15, 0.2) is 0 Å². The number of piperidine rings is 1. The van der Waals surface area contributed by atoms with Crippen LogP contribution < -0.4 is 5.73 Å². The highest BCUT2D eigenvalue weighted by Gasteiger charge is 2.15. The molecule has 0 saturated carbocycles. The molecular formula is C7H16N2O. The molecule has 3 nitrogen and oxygen atoms in total. The number of ether oxygens (including phenoxy) is 1. The van der Waals surface area contributed by atoms with Gasteiger partial charge in [-0.1, -0.05) is 0 Å². The zero-order valence-electron chi connectivity index (χ0n) is 6.55. The second kappa shape index (κ2) is 3.91. The molecule has 1 heterocycles. The van der Waals surface area contributed by atoms with Crippen LogP contribution in [0.5, 0.6) is 0 Å². The number of hydrogen-bond acceptors (Lipinski definition) is 3. The lowest BCUT2D eigenvalue weighted by atomic mass is 10.1. The number of likely N-dealkylation sites (tertiary alicyclic amines) is 1. The van der Waals surface area contributed by atoms with Crippen LogP contribution in [0.4, 0.5) is 0 Å². The van der Waals surface area contributed by atoms with Crippen LogP contribution in [0.3, 0.4) is 0 Å². The van der Waals surface area contributed by atoms with E-state index in [4.69, 9.17) is 10.5 Å². The largest absolute Gasteiger partial charge is 0.363 e. The Morgan fingerprint density at radius 3 is 2.60 bits per heavy atom. The maximum atomic E-state index is 5.28. The molecule has 0 spiro atoms. The fraction of sp³-hybridized carbons (Fsp3) is 1.00. The molecule has 0 bridgehead atoms. The average molecular weight is 144 g/mol. The summed E-state index contributed by atoms with van der Waals surface area (Å²) in [7, 11) is 2.14. The molecular weight excluding hydrogens is 128 g/mol. The maximum absolute atomic E-state index is 5.28. The lowest BCUT2D eigenvalue weighted by Gasteiger charge is -2.28. The van der Waals surface area contributed by atoms with Crippen LogP contribution in [0.25, 0.3) is 0 Å². The van der Waals surface area contributed by atoms with Gasteiger partial charge in [0.1, 0.15) is 0 Å². The van der Waals surface area contributed by atoms with Crippen molar-refractivity contribution in [2.45, 2.75) is 18.9 Å². The molecule has 0 aromatic heterocycles. The zero-order chi connectivity index (χ0) is 7.40. The molecule has 0 radical (unpaired) electrons. The van der Waals surface area contributed by atoms with E-state index < -0.39 is 0 Å². The highest BCUT2D eigenvalue weighted by Crippen LogP contribution is 2.10. The van der Waals surface area contributed by atoms with Crippen molar-refractivity contribution in [1.82, 2.24) is 4.90 Å². The van der Waals surface area contributed by atoms with Crippen molar-refractivity contribution in [3.8, 4) is 0 Å². The summed E-state index contributed by atoms with van der Waals surface area (Å²) < 4.78 is 5.28. The van der Waals surface area contributed by atoms with Gasteiger partial charge in [0.05, 0.1) is 12.8 Å². The summed E-state index contributed by atoms with van der Waals surface area (Å²) in [6, 6.07) is 0. The van der Waals surface area contributed by atoms with Gasteiger partial charge in [-0.2, -0.15) is 0 Å². The number of rotatable bonds is 2. The van der Waals surface area contributed by atoms with Crippen molar-refractivity contribution in [1.29, 1.82) is 0 Å². The van der Waals surface area contributed by atoms with Gasteiger partial charge in [-0.15, -0.1) is 0 Å². The van der Waals surface area contributed by atoms with Gasteiger partial charge in [0.25, 0.3) is 0 Å². The minimum Gasteiger partial charge on any atom is -0.363 e. The van der Waals surface area contributed by atoms with Crippen LogP contribution in [-0.4, -0.2) is 37.9 Å². The molecule has 1 saturated heterocycles. The summed E-state index contributed by atoms with van der Waals surface area (Å²) in [5.74, 6) is 0. The standard InChI is InChI=1S/C7H16N2O/c1-9-4-2-7(3-5-9)10-6-8/h7H,2-6,8H2,1H3. The fourth-order valence-corrected chi connectivity index (χ4v) is 1.29. The Morgan fingerprint density at radius 2 is 2.10 bits per heavy atom. The van der Waals surface area contributed by atoms with Crippen LogP contribution in [-0.2, 0) is 4.74 Å². The van der Waals surface area contributed by atoms with Crippen molar-refractivity contribution in [2.75, 3.05) is 26.9 Å². The van der Waals surface area contributed by atoms with Crippen molar-refractivity contribution in [3.05, 3.63) is 0 Å². The van der Waals surface area contributed by atoms with E-state index in [1.807, 2.05) is 0 Å². The molecule has 0 aromatic rings. The van der Waals surface area contributed by atoms with Crippen molar-refractivity contribution >= 4 is 0 Å². The predicted octanol–water partition coefficient (Wildman–Crippen LogP) is 0.0134. The normalized spacial score (nSPS) is 23.4. The molecule has 3 heteroatoms. The van der Waals surface area contributed by atoms with E-state index in [1.54, 1.807) is 0 Å². The van der Waals surface area contributed by atoms with Crippen LogP contribution >= 0.6 is 0 Å². The molecule has 0 amide bonds. The van der Waals surface area contributed by atoms with Gasteiger partial charge in [0.2, 0.25) is 0 Å². The minimum atomic E-state index is 0.369. The Balaban J connectivity index is 2.13. The predicted molar refractivity (Wildman–Crippen MR) is 40.7 cm³/mol. The van der Waals surface area contributed by atoms with E-state index in [9.17, 15) is 0 Å². The first-order valence-electron chi connectivity index (χ1n) is 3.83. The average Bonchev–Trinajstić information content (AvgIpc) is 1.95. The van der Waals surface area contributed by atoms with Gasteiger partial charge < -0.3 is 15.4 Å². The van der Waals surface area contributed by atoms with Crippen molar-refractivity contribution in [3.63, 3.8) is 0 Å². The Bertz CT molecular complexity index is 89.6. The number of nitrogens with zero attached hydrogens (tertiary/aromatic N) is 1. The monoisotopic (exact) mass is 144 g/mol. The molecule has 10 heavy (non-hydrogen) atoms. The van der Waals surface area contributed by atoms with E-state index in [2.05, 4.69) is 11.9 Å².